The van der Waals surface area contributed by atoms with Crippen molar-refractivity contribution in [3.8, 4) is 0 Å². The summed E-state index contributed by atoms with van der Waals surface area (Å²) in [6.07, 6.45) is 1.44. The molecule has 0 saturated carbocycles. The van der Waals surface area contributed by atoms with Gasteiger partial charge in [0.2, 0.25) is 10.0 Å². The van der Waals surface area contributed by atoms with Crippen LogP contribution in [0.3, 0.4) is 0 Å². The van der Waals surface area contributed by atoms with E-state index < -0.39 is 15.9 Å². The van der Waals surface area contributed by atoms with Crippen LogP contribution in [0.5, 0.6) is 0 Å². The Labute approximate surface area is 187 Å². The highest BCUT2D eigenvalue weighted by Crippen LogP contribution is 2.19. The van der Waals surface area contributed by atoms with Gasteiger partial charge in [-0.2, -0.15) is 9.41 Å². The van der Waals surface area contributed by atoms with Crippen LogP contribution in [0, 0.1) is 6.92 Å². The summed E-state index contributed by atoms with van der Waals surface area (Å²) in [4.78, 5) is 12.6. The molecule has 0 unspecified atom stereocenters. The van der Waals surface area contributed by atoms with E-state index in [0.717, 1.165) is 15.4 Å². The molecule has 160 valence electrons. The van der Waals surface area contributed by atoms with Gasteiger partial charge in [0.25, 0.3) is 5.91 Å². The fourth-order valence-electron chi connectivity index (χ4n) is 2.83. The smallest absolute Gasteiger partial charge is 0.255 e. The summed E-state index contributed by atoms with van der Waals surface area (Å²) >= 11 is 5.93. The van der Waals surface area contributed by atoms with Crippen LogP contribution in [0.2, 0.25) is 5.02 Å². The molecule has 0 atom stereocenters. The normalized spacial score (nSPS) is 11.7. The first-order valence-corrected chi connectivity index (χ1v) is 11.3. The second-order valence-electron chi connectivity index (χ2n) is 6.92. The zero-order chi connectivity index (χ0) is 22.3. The number of hydrazone groups is 1. The van der Waals surface area contributed by atoms with E-state index in [0.29, 0.717) is 10.6 Å². The van der Waals surface area contributed by atoms with Gasteiger partial charge < -0.3 is 0 Å². The summed E-state index contributed by atoms with van der Waals surface area (Å²) in [7, 11) is -3.89. The molecule has 0 aliphatic heterocycles. The second-order valence-corrected chi connectivity index (χ2v) is 9.29. The van der Waals surface area contributed by atoms with Crippen molar-refractivity contribution in [2.24, 2.45) is 5.10 Å². The van der Waals surface area contributed by atoms with Crippen LogP contribution < -0.4 is 5.43 Å². The van der Waals surface area contributed by atoms with Crippen molar-refractivity contribution in [2.75, 3.05) is 6.54 Å². The molecule has 3 aromatic carbocycles. The van der Waals surface area contributed by atoms with Crippen molar-refractivity contribution in [3.63, 3.8) is 0 Å². The van der Waals surface area contributed by atoms with Crippen LogP contribution in [0.1, 0.15) is 16.7 Å². The lowest BCUT2D eigenvalue weighted by atomic mass is 10.2. The Morgan fingerprint density at radius 1 is 1.03 bits per heavy atom. The Bertz CT molecular complexity index is 1160. The maximum Gasteiger partial charge on any atom is 0.255 e. The molecule has 0 aliphatic carbocycles. The third-order valence-electron chi connectivity index (χ3n) is 4.43. The van der Waals surface area contributed by atoms with Gasteiger partial charge in [-0.3, -0.25) is 4.79 Å². The maximum absolute atomic E-state index is 13.2. The van der Waals surface area contributed by atoms with E-state index in [-0.39, 0.29) is 18.0 Å². The van der Waals surface area contributed by atoms with Crippen LogP contribution in [0.15, 0.2) is 88.9 Å². The number of nitrogens with one attached hydrogen (secondary N) is 1. The Morgan fingerprint density at radius 2 is 1.74 bits per heavy atom. The molecule has 3 rings (SSSR count). The lowest BCUT2D eigenvalue weighted by Crippen LogP contribution is -2.39. The first-order valence-electron chi connectivity index (χ1n) is 9.53. The van der Waals surface area contributed by atoms with E-state index >= 15 is 0 Å². The summed E-state index contributed by atoms with van der Waals surface area (Å²) in [5.74, 6) is -0.551. The SMILES string of the molecule is Cc1ccc(S(=O)(=O)N(CC(=O)N/N=C\c2cccc(Cl)c2)Cc2ccccc2)cc1. The van der Waals surface area contributed by atoms with Gasteiger partial charge >= 0.3 is 0 Å². The molecular weight excluding hydrogens is 434 g/mol. The average Bonchev–Trinajstić information content (AvgIpc) is 2.74. The highest BCUT2D eigenvalue weighted by atomic mass is 35.5. The number of hydrogen-bond acceptors (Lipinski definition) is 4. The van der Waals surface area contributed by atoms with Crippen molar-refractivity contribution >= 4 is 33.7 Å². The van der Waals surface area contributed by atoms with E-state index in [4.69, 9.17) is 11.6 Å². The molecule has 0 heterocycles. The second kappa shape index (κ2) is 10.3. The van der Waals surface area contributed by atoms with E-state index in [1.54, 1.807) is 36.4 Å². The van der Waals surface area contributed by atoms with E-state index in [9.17, 15) is 13.2 Å². The van der Waals surface area contributed by atoms with Crippen molar-refractivity contribution in [1.82, 2.24) is 9.73 Å². The highest BCUT2D eigenvalue weighted by molar-refractivity contribution is 7.89. The fourth-order valence-corrected chi connectivity index (χ4v) is 4.42. The Hall–Kier alpha value is -3.00. The van der Waals surface area contributed by atoms with Crippen LogP contribution in [-0.2, 0) is 21.4 Å². The minimum Gasteiger partial charge on any atom is -0.272 e. The molecule has 8 heteroatoms. The topological polar surface area (TPSA) is 78.8 Å². The van der Waals surface area contributed by atoms with E-state index in [1.165, 1.54) is 18.3 Å². The molecule has 6 nitrogen and oxygen atoms in total. The van der Waals surface area contributed by atoms with Gasteiger partial charge in [0.1, 0.15) is 0 Å². The number of carbonyl (C=O) groups excluding carboxylic acids is 1. The molecular formula is C23H22ClN3O3S. The molecule has 31 heavy (non-hydrogen) atoms. The molecule has 1 N–H and O–H groups in total. The monoisotopic (exact) mass is 455 g/mol. The average molecular weight is 456 g/mol. The number of amides is 1. The predicted molar refractivity (Wildman–Crippen MR) is 122 cm³/mol. The van der Waals surface area contributed by atoms with E-state index in [1.807, 2.05) is 37.3 Å². The molecule has 0 fully saturated rings. The summed E-state index contributed by atoms with van der Waals surface area (Å²) in [6, 6.07) is 22.6. The summed E-state index contributed by atoms with van der Waals surface area (Å²) in [5.41, 5.74) is 4.81. The lowest BCUT2D eigenvalue weighted by Gasteiger charge is -2.21. The minimum atomic E-state index is -3.89. The van der Waals surface area contributed by atoms with Crippen LogP contribution >= 0.6 is 11.6 Å². The third kappa shape index (κ3) is 6.49. The van der Waals surface area contributed by atoms with Gasteiger partial charge in [0.15, 0.2) is 0 Å². The number of benzene rings is 3. The van der Waals surface area contributed by atoms with E-state index in [2.05, 4.69) is 10.5 Å². The number of halogens is 1. The molecule has 1 amide bonds. The minimum absolute atomic E-state index is 0.0580. The first-order chi connectivity index (χ1) is 14.8. The highest BCUT2D eigenvalue weighted by Gasteiger charge is 2.26. The summed E-state index contributed by atoms with van der Waals surface area (Å²) in [6.45, 7) is 1.56. The third-order valence-corrected chi connectivity index (χ3v) is 6.47. The Morgan fingerprint density at radius 3 is 2.42 bits per heavy atom. The quantitative estimate of drug-likeness (QED) is 0.412. The van der Waals surface area contributed by atoms with Gasteiger partial charge in [0, 0.05) is 11.6 Å². The lowest BCUT2D eigenvalue weighted by molar-refractivity contribution is -0.121. The molecule has 0 spiro atoms. The van der Waals surface area contributed by atoms with Crippen LogP contribution in [0.4, 0.5) is 0 Å². The molecule has 0 saturated heterocycles. The maximum atomic E-state index is 13.2. The molecule has 0 aromatic heterocycles. The number of carbonyl (C=O) groups is 1. The van der Waals surface area contributed by atoms with Gasteiger partial charge in [-0.05, 0) is 42.3 Å². The van der Waals surface area contributed by atoms with Crippen molar-refractivity contribution in [3.05, 3.63) is 101 Å². The number of sulfonamides is 1. The van der Waals surface area contributed by atoms with Crippen molar-refractivity contribution in [2.45, 2.75) is 18.4 Å². The number of nitrogens with zero attached hydrogens (tertiary/aromatic N) is 2. The van der Waals surface area contributed by atoms with Gasteiger partial charge in [-0.1, -0.05) is 71.8 Å². The number of hydrogen-bond donors (Lipinski definition) is 1. The molecule has 3 aromatic rings. The van der Waals surface area contributed by atoms with Gasteiger partial charge in [-0.25, -0.2) is 13.8 Å². The van der Waals surface area contributed by atoms with Gasteiger partial charge in [0.05, 0.1) is 17.7 Å². The Kier molecular flexibility index (Phi) is 7.57. The zero-order valence-electron chi connectivity index (χ0n) is 16.9. The van der Waals surface area contributed by atoms with Crippen LogP contribution in [0.25, 0.3) is 0 Å². The van der Waals surface area contributed by atoms with Gasteiger partial charge in [-0.15, -0.1) is 0 Å². The predicted octanol–water partition coefficient (Wildman–Crippen LogP) is 3.99. The summed E-state index contributed by atoms with van der Waals surface area (Å²) in [5, 5.41) is 4.45. The number of rotatable bonds is 8. The fraction of sp³-hybridized carbons (Fsp3) is 0.130. The molecule has 0 bridgehead atoms. The molecule has 0 aliphatic rings. The summed E-state index contributed by atoms with van der Waals surface area (Å²) < 4.78 is 27.6. The van der Waals surface area contributed by atoms with Crippen molar-refractivity contribution in [1.29, 1.82) is 0 Å². The Balaban J connectivity index is 1.77. The largest absolute Gasteiger partial charge is 0.272 e. The molecule has 0 radical (unpaired) electrons. The van der Waals surface area contributed by atoms with Crippen molar-refractivity contribution < 1.29 is 13.2 Å². The van der Waals surface area contributed by atoms with Crippen LogP contribution in [-0.4, -0.2) is 31.4 Å². The number of aryl methyl sites for hydroxylation is 1. The zero-order valence-corrected chi connectivity index (χ0v) is 18.5. The first kappa shape index (κ1) is 22.7. The standard InChI is InChI=1S/C23H22ClN3O3S/c1-18-10-12-22(13-11-18)31(29,30)27(16-19-6-3-2-4-7-19)17-23(28)26-25-15-20-8-5-9-21(24)14-20/h2-15H,16-17H2,1H3,(H,26,28)/b25-15-.